The maximum atomic E-state index is 12.4. The average Bonchev–Trinajstić information content (AvgIpc) is 2.79. The van der Waals surface area contributed by atoms with Gasteiger partial charge in [0.05, 0.1) is 24.8 Å². The molecule has 1 amide bonds. The van der Waals surface area contributed by atoms with Crippen LogP contribution in [0.15, 0.2) is 54.6 Å². The summed E-state index contributed by atoms with van der Waals surface area (Å²) in [6.07, 6.45) is 3.46. The van der Waals surface area contributed by atoms with Crippen molar-refractivity contribution in [2.24, 2.45) is 0 Å². The highest BCUT2D eigenvalue weighted by Gasteiger charge is 2.14. The number of pyridine rings is 1. The first-order chi connectivity index (χ1) is 15.5. The number of aryl methyl sites for hydroxylation is 1. The molecule has 166 valence electrons. The van der Waals surface area contributed by atoms with Crippen molar-refractivity contribution in [2.45, 2.75) is 26.9 Å². The van der Waals surface area contributed by atoms with Crippen molar-refractivity contribution >= 4 is 34.4 Å². The summed E-state index contributed by atoms with van der Waals surface area (Å²) in [5.74, 6) is 1.61. The summed E-state index contributed by atoms with van der Waals surface area (Å²) in [4.78, 5) is 19.5. The van der Waals surface area contributed by atoms with E-state index in [1.54, 1.807) is 6.08 Å². The van der Waals surface area contributed by atoms with Gasteiger partial charge >= 0.3 is 0 Å². The standard InChI is InChI=1S/C26H29N3O3/c1-18(2)32-22-8-4-20(5-9-22)6-11-26(30)27-21-7-10-24-23(17-21)19(3)16-25(28-24)29-12-14-31-15-13-29/h4-11,16-18H,12-15H2,1-3H3,(H,27,30)/b11-6+. The molecule has 0 spiro atoms. The summed E-state index contributed by atoms with van der Waals surface area (Å²) in [6.45, 7) is 9.22. The number of hydrogen-bond acceptors (Lipinski definition) is 5. The quantitative estimate of drug-likeness (QED) is 0.567. The Kier molecular flexibility index (Phi) is 6.71. The molecule has 6 heteroatoms. The van der Waals surface area contributed by atoms with E-state index in [9.17, 15) is 4.79 Å². The van der Waals surface area contributed by atoms with Gasteiger partial charge in [0, 0.05) is 30.2 Å². The third kappa shape index (κ3) is 5.45. The molecule has 0 aliphatic carbocycles. The number of nitrogens with one attached hydrogen (secondary N) is 1. The van der Waals surface area contributed by atoms with Gasteiger partial charge in [0.25, 0.3) is 0 Å². The molecule has 0 bridgehead atoms. The van der Waals surface area contributed by atoms with Crippen molar-refractivity contribution in [3.63, 3.8) is 0 Å². The number of rotatable bonds is 6. The van der Waals surface area contributed by atoms with Gasteiger partial charge in [0.2, 0.25) is 5.91 Å². The minimum atomic E-state index is -0.178. The van der Waals surface area contributed by atoms with Crippen LogP contribution in [0.2, 0.25) is 0 Å². The molecule has 3 aromatic rings. The predicted octanol–water partition coefficient (Wildman–Crippen LogP) is 4.82. The Hall–Kier alpha value is -3.38. The molecule has 32 heavy (non-hydrogen) atoms. The lowest BCUT2D eigenvalue weighted by atomic mass is 10.1. The summed E-state index contributed by atoms with van der Waals surface area (Å²) in [5.41, 5.74) is 3.73. The molecule has 1 aliphatic rings. The van der Waals surface area contributed by atoms with E-state index in [0.29, 0.717) is 0 Å². The fourth-order valence-electron chi connectivity index (χ4n) is 3.69. The molecule has 1 aromatic heterocycles. The van der Waals surface area contributed by atoms with Crippen LogP contribution >= 0.6 is 0 Å². The molecular formula is C26H29N3O3. The maximum Gasteiger partial charge on any atom is 0.248 e. The van der Waals surface area contributed by atoms with Crippen molar-refractivity contribution < 1.29 is 14.3 Å². The van der Waals surface area contributed by atoms with Gasteiger partial charge in [-0.1, -0.05) is 12.1 Å². The zero-order valence-corrected chi connectivity index (χ0v) is 18.8. The molecule has 0 radical (unpaired) electrons. The van der Waals surface area contributed by atoms with Crippen LogP contribution in [0.4, 0.5) is 11.5 Å². The Labute approximate surface area is 188 Å². The van der Waals surface area contributed by atoms with E-state index < -0.39 is 0 Å². The third-order valence-corrected chi connectivity index (χ3v) is 5.28. The van der Waals surface area contributed by atoms with Crippen molar-refractivity contribution in [1.29, 1.82) is 0 Å². The predicted molar refractivity (Wildman–Crippen MR) is 129 cm³/mol. The van der Waals surface area contributed by atoms with Crippen LogP contribution in [0.3, 0.4) is 0 Å². The van der Waals surface area contributed by atoms with Crippen LogP contribution in [0.25, 0.3) is 17.0 Å². The Morgan fingerprint density at radius 2 is 1.88 bits per heavy atom. The number of nitrogens with zero attached hydrogens (tertiary/aromatic N) is 2. The van der Waals surface area contributed by atoms with Gasteiger partial charge in [-0.05, 0) is 74.4 Å². The highest BCUT2D eigenvalue weighted by atomic mass is 16.5. The van der Waals surface area contributed by atoms with Crippen molar-refractivity contribution in [2.75, 3.05) is 36.5 Å². The fourth-order valence-corrected chi connectivity index (χ4v) is 3.69. The number of hydrogen-bond donors (Lipinski definition) is 1. The number of ether oxygens (including phenoxy) is 2. The van der Waals surface area contributed by atoms with E-state index in [1.807, 2.05) is 56.3 Å². The van der Waals surface area contributed by atoms with Crippen molar-refractivity contribution in [3.8, 4) is 5.75 Å². The van der Waals surface area contributed by atoms with Gasteiger partial charge in [-0.25, -0.2) is 4.98 Å². The first-order valence-corrected chi connectivity index (χ1v) is 11.0. The number of anilines is 2. The van der Waals surface area contributed by atoms with Crippen molar-refractivity contribution in [3.05, 3.63) is 65.7 Å². The van der Waals surface area contributed by atoms with Gasteiger partial charge in [0.1, 0.15) is 11.6 Å². The van der Waals surface area contributed by atoms with Gasteiger partial charge in [-0.3, -0.25) is 4.79 Å². The van der Waals surface area contributed by atoms with Crippen LogP contribution in [0.1, 0.15) is 25.0 Å². The number of amides is 1. The van der Waals surface area contributed by atoms with Crippen LogP contribution < -0.4 is 15.0 Å². The summed E-state index contributed by atoms with van der Waals surface area (Å²) >= 11 is 0. The lowest BCUT2D eigenvalue weighted by molar-refractivity contribution is -0.111. The molecule has 0 saturated carbocycles. The third-order valence-electron chi connectivity index (χ3n) is 5.28. The van der Waals surface area contributed by atoms with Crippen LogP contribution in [-0.2, 0) is 9.53 Å². The van der Waals surface area contributed by atoms with E-state index in [-0.39, 0.29) is 12.0 Å². The van der Waals surface area contributed by atoms with E-state index in [1.165, 1.54) is 6.08 Å². The number of fused-ring (bicyclic) bond motifs is 1. The topological polar surface area (TPSA) is 63.7 Å². The van der Waals surface area contributed by atoms with Gasteiger partial charge in [0.15, 0.2) is 0 Å². The first kappa shape index (κ1) is 21.8. The fraction of sp³-hybridized carbons (Fsp3) is 0.308. The van der Waals surface area contributed by atoms with Gasteiger partial charge in [-0.2, -0.15) is 0 Å². The van der Waals surface area contributed by atoms with E-state index in [0.717, 1.165) is 65.6 Å². The number of carbonyl (C=O) groups is 1. The molecule has 1 aliphatic heterocycles. The summed E-state index contributed by atoms with van der Waals surface area (Å²) in [5, 5.41) is 3.97. The van der Waals surface area contributed by atoms with Crippen molar-refractivity contribution in [1.82, 2.24) is 4.98 Å². The van der Waals surface area contributed by atoms with Gasteiger partial charge in [-0.15, -0.1) is 0 Å². The molecule has 2 heterocycles. The van der Waals surface area contributed by atoms with E-state index >= 15 is 0 Å². The van der Waals surface area contributed by atoms with E-state index in [4.69, 9.17) is 14.5 Å². The molecule has 1 N–H and O–H groups in total. The molecule has 2 aromatic carbocycles. The molecule has 4 rings (SSSR count). The summed E-state index contributed by atoms with van der Waals surface area (Å²) in [6, 6.07) is 15.6. The molecule has 0 atom stereocenters. The molecule has 1 fully saturated rings. The molecule has 6 nitrogen and oxygen atoms in total. The number of benzene rings is 2. The minimum absolute atomic E-state index is 0.133. The highest BCUT2D eigenvalue weighted by Crippen LogP contribution is 2.26. The van der Waals surface area contributed by atoms with E-state index in [2.05, 4.69) is 23.2 Å². The lowest BCUT2D eigenvalue weighted by Gasteiger charge is -2.28. The first-order valence-electron chi connectivity index (χ1n) is 11.0. The Morgan fingerprint density at radius 3 is 2.59 bits per heavy atom. The Morgan fingerprint density at radius 1 is 1.12 bits per heavy atom. The number of carbonyl (C=O) groups excluding carboxylic acids is 1. The molecular weight excluding hydrogens is 402 g/mol. The Balaban J connectivity index is 1.43. The Bertz CT molecular complexity index is 1120. The lowest BCUT2D eigenvalue weighted by Crippen LogP contribution is -2.36. The smallest absolute Gasteiger partial charge is 0.248 e. The van der Waals surface area contributed by atoms with Crippen LogP contribution in [0.5, 0.6) is 5.75 Å². The van der Waals surface area contributed by atoms with Gasteiger partial charge < -0.3 is 19.7 Å². The summed E-state index contributed by atoms with van der Waals surface area (Å²) < 4.78 is 11.1. The second-order valence-corrected chi connectivity index (χ2v) is 8.19. The SMILES string of the molecule is Cc1cc(N2CCOCC2)nc2ccc(NC(=O)/C=C/c3ccc(OC(C)C)cc3)cc12. The molecule has 1 saturated heterocycles. The molecule has 0 unspecified atom stereocenters. The largest absolute Gasteiger partial charge is 0.491 e. The zero-order chi connectivity index (χ0) is 22.5. The highest BCUT2D eigenvalue weighted by molar-refractivity contribution is 6.03. The maximum absolute atomic E-state index is 12.4. The monoisotopic (exact) mass is 431 g/mol. The summed E-state index contributed by atoms with van der Waals surface area (Å²) in [7, 11) is 0. The zero-order valence-electron chi connectivity index (χ0n) is 18.8. The number of morpholine rings is 1. The number of aromatic nitrogens is 1. The van der Waals surface area contributed by atoms with Crippen LogP contribution in [-0.4, -0.2) is 43.3 Å². The second kappa shape index (κ2) is 9.83. The minimum Gasteiger partial charge on any atom is -0.491 e. The normalized spacial score (nSPS) is 14.3. The average molecular weight is 432 g/mol. The van der Waals surface area contributed by atoms with Crippen LogP contribution in [0, 0.1) is 6.92 Å². The second-order valence-electron chi connectivity index (χ2n) is 8.19.